The third-order valence-electron chi connectivity index (χ3n) is 2.93. The molecule has 1 unspecified atom stereocenters. The summed E-state index contributed by atoms with van der Waals surface area (Å²) in [6.45, 7) is 5.05. The van der Waals surface area contributed by atoms with Gasteiger partial charge in [0.05, 0.1) is 15.1 Å². The summed E-state index contributed by atoms with van der Waals surface area (Å²) in [6, 6.07) is 5.96. The average molecular weight is 315 g/mol. The van der Waals surface area contributed by atoms with Crippen molar-refractivity contribution in [3.8, 4) is 0 Å². The van der Waals surface area contributed by atoms with Gasteiger partial charge in [0.1, 0.15) is 0 Å². The predicted molar refractivity (Wildman–Crippen MR) is 83.2 cm³/mol. The first-order valence-electron chi connectivity index (χ1n) is 6.22. The summed E-state index contributed by atoms with van der Waals surface area (Å²) in [7, 11) is 0. The second-order valence-corrected chi connectivity index (χ2v) is 6.36. The molecule has 1 aromatic heterocycles. The lowest BCUT2D eigenvalue weighted by atomic mass is 10.1. The van der Waals surface area contributed by atoms with Gasteiger partial charge in [-0.3, -0.25) is 0 Å². The van der Waals surface area contributed by atoms with Crippen LogP contribution in [0, 0.1) is 0 Å². The number of rotatable bonds is 5. The number of hydrogen-bond donors (Lipinski definition) is 1. The molecule has 0 bridgehead atoms. The van der Waals surface area contributed by atoms with Crippen molar-refractivity contribution in [1.82, 2.24) is 10.3 Å². The molecule has 19 heavy (non-hydrogen) atoms. The van der Waals surface area contributed by atoms with Crippen molar-refractivity contribution in [2.24, 2.45) is 0 Å². The maximum absolute atomic E-state index is 6.03. The van der Waals surface area contributed by atoms with Gasteiger partial charge < -0.3 is 5.32 Å². The normalized spacial score (nSPS) is 12.6. The Kier molecular flexibility index (Phi) is 5.22. The first kappa shape index (κ1) is 14.8. The van der Waals surface area contributed by atoms with Crippen LogP contribution in [0.4, 0.5) is 0 Å². The van der Waals surface area contributed by atoms with Crippen molar-refractivity contribution in [2.45, 2.75) is 32.9 Å². The number of nitrogens with one attached hydrogen (secondary N) is 1. The van der Waals surface area contributed by atoms with Gasteiger partial charge in [0.2, 0.25) is 0 Å². The predicted octanol–water partition coefficient (Wildman–Crippen LogP) is 4.86. The molecule has 0 aliphatic rings. The number of benzene rings is 1. The summed E-state index contributed by atoms with van der Waals surface area (Å²) in [5, 5.41) is 5.83. The lowest BCUT2D eigenvalue weighted by molar-refractivity contribution is 0.578. The monoisotopic (exact) mass is 314 g/mol. The standard InChI is InChI=1S/C14H16Cl2N2S/c1-3-14-18-8-11(19-14)7-17-9(2)10-4-5-12(15)13(16)6-10/h4-6,8-9,17H,3,7H2,1-2H3. The Hall–Kier alpha value is -0.610. The molecule has 0 saturated carbocycles. The quantitative estimate of drug-likeness (QED) is 0.852. The van der Waals surface area contributed by atoms with Crippen LogP contribution in [-0.4, -0.2) is 4.98 Å². The van der Waals surface area contributed by atoms with Crippen LogP contribution in [0.5, 0.6) is 0 Å². The Labute approximate surface area is 127 Å². The molecule has 0 aliphatic heterocycles. The van der Waals surface area contributed by atoms with E-state index in [1.165, 1.54) is 9.88 Å². The van der Waals surface area contributed by atoms with Gasteiger partial charge >= 0.3 is 0 Å². The highest BCUT2D eigenvalue weighted by Gasteiger charge is 2.08. The van der Waals surface area contributed by atoms with Crippen LogP contribution in [0.1, 0.15) is 35.3 Å². The Morgan fingerprint density at radius 1 is 1.32 bits per heavy atom. The highest BCUT2D eigenvalue weighted by molar-refractivity contribution is 7.11. The van der Waals surface area contributed by atoms with Gasteiger partial charge in [-0.05, 0) is 31.0 Å². The summed E-state index contributed by atoms with van der Waals surface area (Å²) in [4.78, 5) is 5.60. The topological polar surface area (TPSA) is 24.9 Å². The first-order valence-corrected chi connectivity index (χ1v) is 7.79. The summed E-state index contributed by atoms with van der Waals surface area (Å²) in [6.07, 6.45) is 2.94. The van der Waals surface area contributed by atoms with Gasteiger partial charge in [0, 0.05) is 23.7 Å². The van der Waals surface area contributed by atoms with Gasteiger partial charge in [0.15, 0.2) is 0 Å². The molecule has 0 saturated heterocycles. The molecule has 0 fully saturated rings. The molecule has 0 radical (unpaired) electrons. The maximum atomic E-state index is 6.03. The van der Waals surface area contributed by atoms with Crippen molar-refractivity contribution >= 4 is 34.5 Å². The number of hydrogen-bond acceptors (Lipinski definition) is 3. The van der Waals surface area contributed by atoms with Crippen molar-refractivity contribution < 1.29 is 0 Å². The van der Waals surface area contributed by atoms with Crippen LogP contribution >= 0.6 is 34.5 Å². The zero-order valence-corrected chi connectivity index (χ0v) is 13.2. The number of nitrogens with zero attached hydrogens (tertiary/aromatic N) is 1. The van der Waals surface area contributed by atoms with Crippen LogP contribution in [-0.2, 0) is 13.0 Å². The van der Waals surface area contributed by atoms with Crippen LogP contribution in [0.15, 0.2) is 24.4 Å². The van der Waals surface area contributed by atoms with E-state index in [1.807, 2.05) is 24.4 Å². The fourth-order valence-corrected chi connectivity index (χ4v) is 2.87. The molecule has 2 rings (SSSR count). The molecule has 0 amide bonds. The minimum absolute atomic E-state index is 0.224. The van der Waals surface area contributed by atoms with E-state index in [-0.39, 0.29) is 6.04 Å². The summed E-state index contributed by atoms with van der Waals surface area (Å²) in [5.74, 6) is 0. The zero-order chi connectivity index (χ0) is 13.8. The van der Waals surface area contributed by atoms with E-state index in [4.69, 9.17) is 23.2 Å². The number of aryl methyl sites for hydroxylation is 1. The third kappa shape index (κ3) is 3.93. The highest BCUT2D eigenvalue weighted by atomic mass is 35.5. The fraction of sp³-hybridized carbons (Fsp3) is 0.357. The largest absolute Gasteiger partial charge is 0.305 e. The SMILES string of the molecule is CCc1ncc(CNC(C)c2ccc(Cl)c(Cl)c2)s1. The number of thiazole rings is 1. The van der Waals surface area contributed by atoms with Gasteiger partial charge in [-0.25, -0.2) is 4.98 Å². The minimum atomic E-state index is 0.224. The van der Waals surface area contributed by atoms with Crippen molar-refractivity contribution in [3.05, 3.63) is 49.9 Å². The molecular formula is C14H16Cl2N2S. The molecule has 0 aliphatic carbocycles. The van der Waals surface area contributed by atoms with E-state index in [1.54, 1.807) is 11.3 Å². The molecule has 1 aromatic carbocycles. The van der Waals surface area contributed by atoms with Crippen LogP contribution in [0.2, 0.25) is 10.0 Å². The molecule has 2 nitrogen and oxygen atoms in total. The number of halogens is 2. The van der Waals surface area contributed by atoms with Gasteiger partial charge in [-0.2, -0.15) is 0 Å². The molecule has 2 aromatic rings. The highest BCUT2D eigenvalue weighted by Crippen LogP contribution is 2.25. The average Bonchev–Trinajstić information content (AvgIpc) is 2.87. The summed E-state index contributed by atoms with van der Waals surface area (Å²) in [5.41, 5.74) is 1.13. The first-order chi connectivity index (χ1) is 9.10. The molecule has 1 heterocycles. The van der Waals surface area contributed by atoms with Gasteiger partial charge in [0.25, 0.3) is 0 Å². The van der Waals surface area contributed by atoms with Crippen LogP contribution < -0.4 is 5.32 Å². The lowest BCUT2D eigenvalue weighted by Crippen LogP contribution is -2.17. The summed E-state index contributed by atoms with van der Waals surface area (Å²) >= 11 is 13.7. The Morgan fingerprint density at radius 2 is 2.11 bits per heavy atom. The third-order valence-corrected chi connectivity index (χ3v) is 4.81. The number of aromatic nitrogens is 1. The molecule has 5 heteroatoms. The van der Waals surface area contributed by atoms with E-state index < -0.39 is 0 Å². The van der Waals surface area contributed by atoms with E-state index in [2.05, 4.69) is 24.1 Å². The van der Waals surface area contributed by atoms with Crippen molar-refractivity contribution in [1.29, 1.82) is 0 Å². The second kappa shape index (κ2) is 6.71. The van der Waals surface area contributed by atoms with Gasteiger partial charge in [-0.1, -0.05) is 36.2 Å². The molecule has 0 spiro atoms. The zero-order valence-electron chi connectivity index (χ0n) is 10.9. The summed E-state index contributed by atoms with van der Waals surface area (Å²) < 4.78 is 0. The smallest absolute Gasteiger partial charge is 0.0925 e. The van der Waals surface area contributed by atoms with Crippen LogP contribution in [0.3, 0.4) is 0 Å². The molecular weight excluding hydrogens is 299 g/mol. The molecule has 1 N–H and O–H groups in total. The van der Waals surface area contributed by atoms with E-state index in [9.17, 15) is 0 Å². The van der Waals surface area contributed by atoms with E-state index in [0.717, 1.165) is 18.5 Å². The molecule has 102 valence electrons. The van der Waals surface area contributed by atoms with E-state index in [0.29, 0.717) is 10.0 Å². The lowest BCUT2D eigenvalue weighted by Gasteiger charge is -2.14. The maximum Gasteiger partial charge on any atom is 0.0925 e. The van der Waals surface area contributed by atoms with Crippen LogP contribution in [0.25, 0.3) is 0 Å². The van der Waals surface area contributed by atoms with Gasteiger partial charge in [-0.15, -0.1) is 11.3 Å². The minimum Gasteiger partial charge on any atom is -0.305 e. The van der Waals surface area contributed by atoms with Crippen molar-refractivity contribution in [2.75, 3.05) is 0 Å². The van der Waals surface area contributed by atoms with E-state index >= 15 is 0 Å². The second-order valence-electron chi connectivity index (χ2n) is 4.35. The Morgan fingerprint density at radius 3 is 2.74 bits per heavy atom. The van der Waals surface area contributed by atoms with Crippen molar-refractivity contribution in [3.63, 3.8) is 0 Å². The molecule has 1 atom stereocenters. The Balaban J connectivity index is 1.96. The Bertz CT molecular complexity index is 554. The fourth-order valence-electron chi connectivity index (χ4n) is 1.75.